The van der Waals surface area contributed by atoms with Gasteiger partial charge in [-0.15, -0.1) is 0 Å². The highest BCUT2D eigenvalue weighted by atomic mass is 16.4. The number of aliphatic carboxylic acids is 2. The standard InChI is InChI=1S/C26H42N8O7/c27-13-5-4-9-19(25(40)41)33-24(39)20(15-16-7-2-1-3-8-16)34-23(38)18(10-6-14-31-26(29)30)32-22(37)17(28)11-12-21(35)36/h1-3,7-8,17-20H,4-6,9-15,27-28H2,(H,32,37)(H,33,39)(H,34,38)(H,35,36)(H,40,41)(H4,29,30,31). The average Bonchev–Trinajstić information content (AvgIpc) is 2.92. The van der Waals surface area contributed by atoms with Crippen LogP contribution in [0.3, 0.4) is 0 Å². The molecule has 41 heavy (non-hydrogen) atoms. The maximum Gasteiger partial charge on any atom is 0.326 e. The largest absolute Gasteiger partial charge is 0.481 e. The third kappa shape index (κ3) is 14.6. The molecule has 0 fully saturated rings. The molecule has 15 heteroatoms. The zero-order valence-electron chi connectivity index (χ0n) is 23.0. The van der Waals surface area contributed by atoms with Crippen molar-refractivity contribution in [1.82, 2.24) is 16.0 Å². The molecular formula is C26H42N8O7. The van der Waals surface area contributed by atoms with Crippen LogP contribution in [0, 0.1) is 0 Å². The summed E-state index contributed by atoms with van der Waals surface area (Å²) >= 11 is 0. The number of amides is 3. The van der Waals surface area contributed by atoms with Crippen molar-refractivity contribution in [2.75, 3.05) is 13.1 Å². The molecule has 15 nitrogen and oxygen atoms in total. The Balaban J connectivity index is 3.13. The highest BCUT2D eigenvalue weighted by molar-refractivity contribution is 5.94. The molecule has 228 valence electrons. The molecule has 0 radical (unpaired) electrons. The number of carbonyl (C=O) groups excluding carboxylic acids is 3. The van der Waals surface area contributed by atoms with Crippen LogP contribution in [0.25, 0.3) is 0 Å². The summed E-state index contributed by atoms with van der Waals surface area (Å²) < 4.78 is 0. The number of carboxylic acids is 2. The molecule has 0 saturated heterocycles. The smallest absolute Gasteiger partial charge is 0.326 e. The van der Waals surface area contributed by atoms with Crippen LogP contribution in [0.5, 0.6) is 0 Å². The molecule has 13 N–H and O–H groups in total. The first-order valence-electron chi connectivity index (χ1n) is 13.3. The van der Waals surface area contributed by atoms with Crippen LogP contribution in [-0.4, -0.2) is 83.1 Å². The normalized spacial score (nSPS) is 13.6. The van der Waals surface area contributed by atoms with Crippen molar-refractivity contribution >= 4 is 35.6 Å². The Kier molecular flexibility index (Phi) is 16.1. The van der Waals surface area contributed by atoms with Crippen molar-refractivity contribution in [3.63, 3.8) is 0 Å². The monoisotopic (exact) mass is 578 g/mol. The number of nitrogens with one attached hydrogen (secondary N) is 3. The van der Waals surface area contributed by atoms with Crippen LogP contribution in [0.15, 0.2) is 35.3 Å². The number of nitrogens with two attached hydrogens (primary N) is 4. The number of hydrogen-bond donors (Lipinski definition) is 9. The van der Waals surface area contributed by atoms with E-state index in [2.05, 4.69) is 20.9 Å². The number of carbonyl (C=O) groups is 5. The second kappa shape index (κ2) is 18.9. The number of guanidine groups is 1. The predicted molar refractivity (Wildman–Crippen MR) is 151 cm³/mol. The van der Waals surface area contributed by atoms with Crippen LogP contribution in [-0.2, 0) is 30.4 Å². The Bertz CT molecular complexity index is 1030. The van der Waals surface area contributed by atoms with E-state index < -0.39 is 53.8 Å². The summed E-state index contributed by atoms with van der Waals surface area (Å²) in [6.45, 7) is 0.535. The van der Waals surface area contributed by atoms with Crippen LogP contribution in [0.2, 0.25) is 0 Å². The van der Waals surface area contributed by atoms with Gasteiger partial charge in [-0.25, -0.2) is 4.79 Å². The molecule has 0 saturated carbocycles. The number of benzene rings is 1. The van der Waals surface area contributed by atoms with Gasteiger partial charge in [-0.05, 0) is 50.6 Å². The zero-order valence-corrected chi connectivity index (χ0v) is 23.0. The van der Waals surface area contributed by atoms with E-state index in [1.54, 1.807) is 30.3 Å². The molecule has 0 heterocycles. The summed E-state index contributed by atoms with van der Waals surface area (Å²) in [5, 5.41) is 26.1. The molecular weight excluding hydrogens is 536 g/mol. The van der Waals surface area contributed by atoms with Gasteiger partial charge in [-0.3, -0.25) is 24.2 Å². The zero-order chi connectivity index (χ0) is 30.8. The van der Waals surface area contributed by atoms with E-state index in [1.807, 2.05) is 0 Å². The van der Waals surface area contributed by atoms with Crippen molar-refractivity contribution in [2.45, 2.75) is 75.5 Å². The third-order valence-corrected chi connectivity index (χ3v) is 6.06. The SMILES string of the molecule is NCCCCC(NC(=O)C(Cc1ccccc1)NC(=O)C(CCCN=C(N)N)NC(=O)C(N)CCC(=O)O)C(=O)O. The molecule has 1 aromatic carbocycles. The summed E-state index contributed by atoms with van der Waals surface area (Å²) in [4.78, 5) is 65.7. The number of rotatable bonds is 20. The van der Waals surface area contributed by atoms with Gasteiger partial charge in [0.1, 0.15) is 18.1 Å². The number of aliphatic imine (C=N–C) groups is 1. The Hall–Kier alpha value is -4.24. The molecule has 4 unspecified atom stereocenters. The summed E-state index contributed by atoms with van der Waals surface area (Å²) in [7, 11) is 0. The third-order valence-electron chi connectivity index (χ3n) is 6.06. The first kappa shape index (κ1) is 34.8. The molecule has 0 spiro atoms. The van der Waals surface area contributed by atoms with E-state index in [0.717, 1.165) is 0 Å². The van der Waals surface area contributed by atoms with Gasteiger partial charge < -0.3 is 49.1 Å². The summed E-state index contributed by atoms with van der Waals surface area (Å²) in [5.41, 5.74) is 22.7. The fraction of sp³-hybridized carbons (Fsp3) is 0.538. The molecule has 0 bridgehead atoms. The minimum atomic E-state index is -1.22. The van der Waals surface area contributed by atoms with E-state index in [-0.39, 0.29) is 51.0 Å². The lowest BCUT2D eigenvalue weighted by Gasteiger charge is -2.25. The second-order valence-electron chi connectivity index (χ2n) is 9.48. The fourth-order valence-corrected chi connectivity index (χ4v) is 3.82. The van der Waals surface area contributed by atoms with Crippen molar-refractivity contribution in [3.8, 4) is 0 Å². The molecule has 0 aromatic heterocycles. The first-order valence-corrected chi connectivity index (χ1v) is 13.3. The minimum Gasteiger partial charge on any atom is -0.481 e. The van der Waals surface area contributed by atoms with E-state index in [9.17, 15) is 29.1 Å². The second-order valence-corrected chi connectivity index (χ2v) is 9.48. The highest BCUT2D eigenvalue weighted by Gasteiger charge is 2.30. The van der Waals surface area contributed by atoms with Gasteiger partial charge in [0.05, 0.1) is 6.04 Å². The lowest BCUT2D eigenvalue weighted by molar-refractivity contribution is -0.142. The molecule has 0 aliphatic rings. The van der Waals surface area contributed by atoms with Gasteiger partial charge in [0, 0.05) is 19.4 Å². The molecule has 0 aliphatic carbocycles. The van der Waals surface area contributed by atoms with E-state index >= 15 is 0 Å². The van der Waals surface area contributed by atoms with Gasteiger partial charge in [-0.1, -0.05) is 30.3 Å². The number of nitrogens with zero attached hydrogens (tertiary/aromatic N) is 1. The Morgan fingerprint density at radius 2 is 1.37 bits per heavy atom. The Morgan fingerprint density at radius 3 is 1.95 bits per heavy atom. The van der Waals surface area contributed by atoms with Gasteiger partial charge in [0.15, 0.2) is 5.96 Å². The van der Waals surface area contributed by atoms with E-state index in [1.165, 1.54) is 0 Å². The topological polar surface area (TPSA) is 278 Å². The van der Waals surface area contributed by atoms with Crippen molar-refractivity contribution in [3.05, 3.63) is 35.9 Å². The summed E-state index contributed by atoms with van der Waals surface area (Å²) in [6.07, 6.45) is 1.11. The molecule has 0 aliphatic heterocycles. The number of hydrogen-bond acceptors (Lipinski definition) is 8. The summed E-state index contributed by atoms with van der Waals surface area (Å²) in [6, 6.07) is 4.06. The lowest BCUT2D eigenvalue weighted by Crippen LogP contribution is -2.57. The molecule has 3 amide bonds. The maximum atomic E-state index is 13.4. The minimum absolute atomic E-state index is 0.0420. The van der Waals surface area contributed by atoms with Gasteiger partial charge in [0.2, 0.25) is 17.7 Å². The highest BCUT2D eigenvalue weighted by Crippen LogP contribution is 2.08. The van der Waals surface area contributed by atoms with Crippen LogP contribution >= 0.6 is 0 Å². The summed E-state index contributed by atoms with van der Waals surface area (Å²) in [5.74, 6) is -4.68. The van der Waals surface area contributed by atoms with E-state index in [4.69, 9.17) is 28.0 Å². The van der Waals surface area contributed by atoms with Crippen LogP contribution in [0.4, 0.5) is 0 Å². The fourth-order valence-electron chi connectivity index (χ4n) is 3.82. The Morgan fingerprint density at radius 1 is 0.780 bits per heavy atom. The Labute approximate surface area is 238 Å². The average molecular weight is 579 g/mol. The molecule has 4 atom stereocenters. The van der Waals surface area contributed by atoms with Gasteiger partial charge >= 0.3 is 11.9 Å². The maximum absolute atomic E-state index is 13.4. The van der Waals surface area contributed by atoms with Gasteiger partial charge in [-0.2, -0.15) is 0 Å². The van der Waals surface area contributed by atoms with Crippen LogP contribution < -0.4 is 38.9 Å². The number of unbranched alkanes of at least 4 members (excludes halogenated alkanes) is 1. The quantitative estimate of drug-likeness (QED) is 0.0470. The van der Waals surface area contributed by atoms with Crippen molar-refractivity contribution in [2.24, 2.45) is 27.9 Å². The predicted octanol–water partition coefficient (Wildman–Crippen LogP) is -1.86. The van der Waals surface area contributed by atoms with E-state index in [0.29, 0.717) is 24.9 Å². The molecule has 1 aromatic rings. The van der Waals surface area contributed by atoms with Crippen molar-refractivity contribution in [1.29, 1.82) is 0 Å². The van der Waals surface area contributed by atoms with Crippen molar-refractivity contribution < 1.29 is 34.2 Å². The lowest BCUT2D eigenvalue weighted by atomic mass is 10.0. The first-order chi connectivity index (χ1) is 19.4. The molecule has 1 rings (SSSR count). The van der Waals surface area contributed by atoms with Gasteiger partial charge in [0.25, 0.3) is 0 Å². The van der Waals surface area contributed by atoms with Crippen LogP contribution in [0.1, 0.15) is 50.5 Å². The number of carboxylic acid groups (broad SMARTS) is 2.